The molecule has 1 amide bonds. The number of aryl methyl sites for hydroxylation is 1. The van der Waals surface area contributed by atoms with E-state index in [0.29, 0.717) is 31.3 Å². The summed E-state index contributed by atoms with van der Waals surface area (Å²) in [6, 6.07) is 0. The van der Waals surface area contributed by atoms with Crippen LogP contribution in [0.25, 0.3) is 0 Å². The third-order valence-electron chi connectivity index (χ3n) is 5.85. The smallest absolute Gasteiger partial charge is 0.377 e. The van der Waals surface area contributed by atoms with Crippen LogP contribution in [0.5, 0.6) is 0 Å². The molecule has 31 heavy (non-hydrogen) atoms. The molecule has 0 saturated carbocycles. The molecular weight excluding hydrogens is 413 g/mol. The van der Waals surface area contributed by atoms with E-state index in [1.807, 2.05) is 6.92 Å². The number of hydrogen-bond donors (Lipinski definition) is 2. The standard InChI is InChI=1S/C20H25F3N6O2/c1-12-5-24-17(25-6-12)8-27-19(30)4-15-14-2-3-29(9-13(14)11-31-15)10-18-26-7-16(28-18)20(21,22)23/h5-7,13-15H,2-4,8-11H2,1H3,(H,26,28)(H,27,30)/t13-,14-,15+/m1/s1. The molecular formula is C20H25F3N6O2. The van der Waals surface area contributed by atoms with Gasteiger partial charge in [-0.25, -0.2) is 15.0 Å². The lowest BCUT2D eigenvalue weighted by molar-refractivity contribution is -0.141. The number of alkyl halides is 3. The summed E-state index contributed by atoms with van der Waals surface area (Å²) in [6.07, 6.45) is 0.788. The summed E-state index contributed by atoms with van der Waals surface area (Å²) in [5.74, 6) is 1.28. The molecule has 4 heterocycles. The number of rotatable bonds is 6. The number of fused-ring (bicyclic) bond motifs is 1. The molecule has 11 heteroatoms. The number of aromatic amines is 1. The normalized spacial score (nSPS) is 24.2. The number of ether oxygens (including phenoxy) is 1. The third kappa shape index (κ3) is 5.40. The summed E-state index contributed by atoms with van der Waals surface area (Å²) in [5, 5.41) is 2.84. The van der Waals surface area contributed by atoms with Gasteiger partial charge in [0.05, 0.1) is 38.4 Å². The maximum absolute atomic E-state index is 12.7. The van der Waals surface area contributed by atoms with Crippen LogP contribution in [0.2, 0.25) is 0 Å². The minimum absolute atomic E-state index is 0.104. The topological polar surface area (TPSA) is 96.0 Å². The number of imidazole rings is 1. The van der Waals surface area contributed by atoms with Crippen molar-refractivity contribution in [3.05, 3.63) is 41.5 Å². The van der Waals surface area contributed by atoms with E-state index in [1.165, 1.54) is 0 Å². The summed E-state index contributed by atoms with van der Waals surface area (Å²) in [6.45, 7) is 4.49. The Morgan fingerprint density at radius 2 is 2.06 bits per heavy atom. The van der Waals surface area contributed by atoms with Gasteiger partial charge in [-0.1, -0.05) is 0 Å². The van der Waals surface area contributed by atoms with Gasteiger partial charge in [0.2, 0.25) is 5.91 Å². The Bertz CT molecular complexity index is 901. The SMILES string of the molecule is Cc1cnc(CNC(=O)C[C@@H]2OC[C@H]3CN(Cc4ncc(C(F)(F)F)[nH]4)CC[C@H]32)nc1. The van der Waals surface area contributed by atoms with Gasteiger partial charge in [-0.15, -0.1) is 0 Å². The maximum atomic E-state index is 12.7. The lowest BCUT2D eigenvalue weighted by Gasteiger charge is -2.35. The molecule has 0 unspecified atom stereocenters. The summed E-state index contributed by atoms with van der Waals surface area (Å²) >= 11 is 0. The second-order valence-corrected chi connectivity index (χ2v) is 8.22. The van der Waals surface area contributed by atoms with Crippen molar-refractivity contribution in [2.24, 2.45) is 11.8 Å². The largest absolute Gasteiger partial charge is 0.432 e. The molecule has 2 saturated heterocycles. The van der Waals surface area contributed by atoms with Crippen molar-refractivity contribution in [1.82, 2.24) is 30.2 Å². The lowest BCUT2D eigenvalue weighted by Crippen LogP contribution is -2.42. The summed E-state index contributed by atoms with van der Waals surface area (Å²) in [4.78, 5) is 29.0. The summed E-state index contributed by atoms with van der Waals surface area (Å²) in [5.41, 5.74) is 0.128. The van der Waals surface area contributed by atoms with Crippen LogP contribution in [0.15, 0.2) is 18.6 Å². The number of carbonyl (C=O) groups is 1. The zero-order valence-electron chi connectivity index (χ0n) is 17.2. The average Bonchev–Trinajstić information content (AvgIpc) is 3.35. The van der Waals surface area contributed by atoms with Crippen LogP contribution in [0.3, 0.4) is 0 Å². The fourth-order valence-corrected chi connectivity index (χ4v) is 4.26. The molecule has 2 aromatic rings. The number of hydrogen-bond acceptors (Lipinski definition) is 6. The molecule has 0 aliphatic carbocycles. The average molecular weight is 438 g/mol. The van der Waals surface area contributed by atoms with Crippen molar-refractivity contribution in [2.45, 2.75) is 45.1 Å². The van der Waals surface area contributed by atoms with Crippen molar-refractivity contribution >= 4 is 5.91 Å². The van der Waals surface area contributed by atoms with E-state index in [1.54, 1.807) is 12.4 Å². The molecule has 0 spiro atoms. The van der Waals surface area contributed by atoms with Crippen molar-refractivity contribution in [3.63, 3.8) is 0 Å². The first kappa shape index (κ1) is 21.7. The molecule has 4 rings (SSSR count). The van der Waals surface area contributed by atoms with E-state index in [9.17, 15) is 18.0 Å². The van der Waals surface area contributed by atoms with Crippen LogP contribution in [0, 0.1) is 18.8 Å². The van der Waals surface area contributed by atoms with E-state index >= 15 is 0 Å². The quantitative estimate of drug-likeness (QED) is 0.717. The number of nitrogens with one attached hydrogen (secondary N) is 2. The number of carbonyl (C=O) groups excluding carboxylic acids is 1. The number of H-pyrrole nitrogens is 1. The molecule has 168 valence electrons. The van der Waals surface area contributed by atoms with Gasteiger partial charge in [0, 0.05) is 24.9 Å². The lowest BCUT2D eigenvalue weighted by atomic mass is 9.83. The molecule has 3 atom stereocenters. The molecule has 2 aliphatic rings. The van der Waals surface area contributed by atoms with Gasteiger partial charge in [-0.2, -0.15) is 13.2 Å². The Hall–Kier alpha value is -2.53. The van der Waals surface area contributed by atoms with Crippen LogP contribution in [-0.4, -0.2) is 56.5 Å². The Labute approximate surface area is 177 Å². The Morgan fingerprint density at radius 3 is 2.77 bits per heavy atom. The molecule has 8 nitrogen and oxygen atoms in total. The van der Waals surface area contributed by atoms with Gasteiger partial charge in [0.1, 0.15) is 17.3 Å². The van der Waals surface area contributed by atoms with Crippen LogP contribution in [0.4, 0.5) is 13.2 Å². The Balaban J connectivity index is 1.24. The van der Waals surface area contributed by atoms with E-state index in [0.717, 1.165) is 24.7 Å². The maximum Gasteiger partial charge on any atom is 0.432 e. The third-order valence-corrected chi connectivity index (χ3v) is 5.85. The van der Waals surface area contributed by atoms with Crippen molar-refractivity contribution in [2.75, 3.05) is 19.7 Å². The zero-order chi connectivity index (χ0) is 22.0. The molecule has 0 bridgehead atoms. The molecule has 2 N–H and O–H groups in total. The fraction of sp³-hybridized carbons (Fsp3) is 0.600. The van der Waals surface area contributed by atoms with Crippen molar-refractivity contribution < 1.29 is 22.7 Å². The highest BCUT2D eigenvalue weighted by atomic mass is 19.4. The van der Waals surface area contributed by atoms with Crippen molar-refractivity contribution in [3.8, 4) is 0 Å². The van der Waals surface area contributed by atoms with Gasteiger partial charge in [-0.05, 0) is 31.4 Å². The minimum atomic E-state index is -4.42. The summed E-state index contributed by atoms with van der Waals surface area (Å²) < 4.78 is 44.1. The van der Waals surface area contributed by atoms with Crippen LogP contribution in [-0.2, 0) is 28.8 Å². The highest BCUT2D eigenvalue weighted by molar-refractivity contribution is 5.76. The molecule has 2 aromatic heterocycles. The minimum Gasteiger partial charge on any atom is -0.377 e. The number of nitrogens with zero attached hydrogens (tertiary/aromatic N) is 4. The van der Waals surface area contributed by atoms with Crippen LogP contribution < -0.4 is 5.32 Å². The molecule has 0 radical (unpaired) electrons. The zero-order valence-corrected chi connectivity index (χ0v) is 17.2. The molecule has 2 aliphatic heterocycles. The predicted molar refractivity (Wildman–Crippen MR) is 103 cm³/mol. The highest BCUT2D eigenvalue weighted by Crippen LogP contribution is 2.36. The van der Waals surface area contributed by atoms with Gasteiger partial charge in [0.25, 0.3) is 0 Å². The second-order valence-electron chi connectivity index (χ2n) is 8.22. The number of piperidine rings is 1. The first-order valence-corrected chi connectivity index (χ1v) is 10.3. The first-order chi connectivity index (χ1) is 14.8. The van der Waals surface area contributed by atoms with E-state index in [2.05, 4.69) is 30.2 Å². The van der Waals surface area contributed by atoms with Crippen LogP contribution in [0.1, 0.15) is 35.7 Å². The van der Waals surface area contributed by atoms with Gasteiger partial charge >= 0.3 is 6.18 Å². The number of amides is 1. The van der Waals surface area contributed by atoms with Gasteiger partial charge in [0.15, 0.2) is 0 Å². The summed E-state index contributed by atoms with van der Waals surface area (Å²) in [7, 11) is 0. The fourth-order valence-electron chi connectivity index (χ4n) is 4.26. The highest BCUT2D eigenvalue weighted by Gasteiger charge is 2.41. The van der Waals surface area contributed by atoms with Crippen LogP contribution >= 0.6 is 0 Å². The first-order valence-electron chi connectivity index (χ1n) is 10.3. The predicted octanol–water partition coefficient (Wildman–Crippen LogP) is 2.07. The Kier molecular flexibility index (Phi) is 6.24. The van der Waals surface area contributed by atoms with E-state index in [4.69, 9.17) is 4.74 Å². The Morgan fingerprint density at radius 1 is 1.29 bits per heavy atom. The van der Waals surface area contributed by atoms with Crippen molar-refractivity contribution in [1.29, 1.82) is 0 Å². The second kappa shape index (κ2) is 8.91. The molecule has 0 aromatic carbocycles. The van der Waals surface area contributed by atoms with E-state index in [-0.39, 0.29) is 36.8 Å². The number of aromatic nitrogens is 4. The number of halogens is 3. The monoisotopic (exact) mass is 438 g/mol. The van der Waals surface area contributed by atoms with Gasteiger partial charge < -0.3 is 15.0 Å². The molecule has 2 fully saturated rings. The number of likely N-dealkylation sites (tertiary alicyclic amines) is 1. The van der Waals surface area contributed by atoms with E-state index < -0.39 is 11.9 Å². The van der Waals surface area contributed by atoms with Gasteiger partial charge in [-0.3, -0.25) is 9.69 Å².